The van der Waals surface area contributed by atoms with Crippen LogP contribution in [0.3, 0.4) is 0 Å². The Labute approximate surface area is 223 Å². The predicted octanol–water partition coefficient (Wildman–Crippen LogP) is 4.94. The van der Waals surface area contributed by atoms with Crippen LogP contribution in [-0.2, 0) is 19.1 Å². The lowest BCUT2D eigenvalue weighted by Gasteiger charge is -2.59. The molecule has 3 saturated carbocycles. The van der Waals surface area contributed by atoms with E-state index in [0.29, 0.717) is 25.0 Å². The van der Waals surface area contributed by atoms with Gasteiger partial charge in [0, 0.05) is 16.7 Å². The van der Waals surface area contributed by atoms with E-state index in [9.17, 15) is 19.1 Å². The quantitative estimate of drug-likeness (QED) is 0.568. The topological polar surface area (TPSA) is 82.1 Å². The Bertz CT molecular complexity index is 1190. The molecule has 1 aromatic rings. The van der Waals surface area contributed by atoms with Gasteiger partial charge in [-0.2, -0.15) is 0 Å². The minimum absolute atomic E-state index is 0.0101. The highest BCUT2D eigenvalue weighted by molar-refractivity contribution is 6.01. The summed E-state index contributed by atoms with van der Waals surface area (Å²) in [6, 6.07) is 5.62. The second-order valence-corrected chi connectivity index (χ2v) is 12.3. The van der Waals surface area contributed by atoms with Gasteiger partial charge in [-0.15, -0.1) is 0 Å². The van der Waals surface area contributed by atoms with Gasteiger partial charge in [0.15, 0.2) is 17.7 Å². The maximum atomic E-state index is 14.1. The zero-order valence-corrected chi connectivity index (χ0v) is 22.3. The average molecular weight is 525 g/mol. The number of hydrogen-bond donors (Lipinski definition) is 1. The lowest BCUT2D eigenvalue weighted by atomic mass is 9.46. The van der Waals surface area contributed by atoms with Crippen LogP contribution < -0.4 is 4.74 Å². The fourth-order valence-corrected chi connectivity index (χ4v) is 8.79. The summed E-state index contributed by atoms with van der Waals surface area (Å²) in [5.74, 6) is 0.0981. The van der Waals surface area contributed by atoms with Crippen molar-refractivity contribution in [3.63, 3.8) is 0 Å². The first-order chi connectivity index (χ1) is 18.1. The van der Waals surface area contributed by atoms with Gasteiger partial charge in [0.2, 0.25) is 5.78 Å². The zero-order valence-electron chi connectivity index (χ0n) is 22.3. The number of allylic oxidation sites excluding steroid dienone is 4. The van der Waals surface area contributed by atoms with Crippen LogP contribution in [0.1, 0.15) is 59.3 Å². The van der Waals surface area contributed by atoms with Gasteiger partial charge in [-0.1, -0.05) is 38.8 Å². The first-order valence-electron chi connectivity index (χ1n) is 14.0. The highest BCUT2D eigenvalue weighted by Gasteiger charge is 2.75. The number of aliphatic hydroxyl groups excluding tert-OH is 1. The number of ether oxygens (including phenoxy) is 3. The van der Waals surface area contributed by atoms with Gasteiger partial charge in [0.1, 0.15) is 18.2 Å². The van der Waals surface area contributed by atoms with E-state index in [1.54, 1.807) is 12.2 Å². The normalized spacial score (nSPS) is 43.1. The lowest BCUT2D eigenvalue weighted by Crippen LogP contribution is -2.63. The first-order valence-corrected chi connectivity index (χ1v) is 14.0. The molecule has 1 saturated heterocycles. The third-order valence-corrected chi connectivity index (χ3v) is 10.4. The molecule has 0 bridgehead atoms. The maximum absolute atomic E-state index is 14.1. The molecule has 5 aliphatic rings. The van der Waals surface area contributed by atoms with Crippen LogP contribution in [0.5, 0.6) is 5.75 Å². The molecule has 6 unspecified atom stereocenters. The summed E-state index contributed by atoms with van der Waals surface area (Å²) in [5.41, 5.74) is -1.15. The molecule has 9 atom stereocenters. The Balaban J connectivity index is 1.34. The van der Waals surface area contributed by atoms with E-state index < -0.39 is 29.5 Å². The highest BCUT2D eigenvalue weighted by atomic mass is 19.1. The molecule has 38 heavy (non-hydrogen) atoms. The van der Waals surface area contributed by atoms with Crippen molar-refractivity contribution >= 4 is 11.6 Å². The first kappa shape index (κ1) is 25.9. The Morgan fingerprint density at radius 3 is 2.74 bits per heavy atom. The average Bonchev–Trinajstić information content (AvgIpc) is 3.36. The number of Topliss-reactive ketones (excluding diaryl/α,β-unsaturated/α-hetero) is 1. The molecule has 1 aliphatic heterocycles. The van der Waals surface area contributed by atoms with E-state index in [0.717, 1.165) is 24.8 Å². The maximum Gasteiger partial charge on any atom is 0.205 e. The summed E-state index contributed by atoms with van der Waals surface area (Å²) >= 11 is 0. The van der Waals surface area contributed by atoms with E-state index in [4.69, 9.17) is 14.2 Å². The smallest absolute Gasteiger partial charge is 0.205 e. The van der Waals surface area contributed by atoms with E-state index in [1.807, 2.05) is 6.08 Å². The van der Waals surface area contributed by atoms with Crippen molar-refractivity contribution in [2.24, 2.45) is 28.6 Å². The highest BCUT2D eigenvalue weighted by Crippen LogP contribution is 2.69. The monoisotopic (exact) mass is 524 g/mol. The summed E-state index contributed by atoms with van der Waals surface area (Å²) < 4.78 is 32.3. The van der Waals surface area contributed by atoms with Crippen LogP contribution in [0.2, 0.25) is 0 Å². The van der Waals surface area contributed by atoms with Gasteiger partial charge in [-0.3, -0.25) is 9.59 Å². The molecule has 4 aliphatic carbocycles. The van der Waals surface area contributed by atoms with E-state index in [-0.39, 0.29) is 47.2 Å². The molecule has 204 valence electrons. The molecule has 7 heteroatoms. The molecule has 0 radical (unpaired) electrons. The number of hydrogen-bond acceptors (Lipinski definition) is 6. The van der Waals surface area contributed by atoms with Crippen LogP contribution in [0.25, 0.3) is 0 Å². The van der Waals surface area contributed by atoms with Crippen LogP contribution >= 0.6 is 0 Å². The molecule has 1 N–H and O–H groups in total. The summed E-state index contributed by atoms with van der Waals surface area (Å²) in [5, 5.41) is 11.8. The Hall–Kier alpha value is -2.35. The molecule has 6 rings (SSSR count). The second-order valence-electron chi connectivity index (χ2n) is 12.3. The van der Waals surface area contributed by atoms with Gasteiger partial charge in [-0.05, 0) is 80.4 Å². The summed E-state index contributed by atoms with van der Waals surface area (Å²) in [6.45, 7) is 6.08. The SMILES string of the molecule is CCCC1O[C@@H]2CC3C4CCC5=CC(=O)C=CC5(C)C4[C@@H](O)CC3(C)[C@]2(C(=O)COc2ccc(F)cc2)O1. The summed E-state index contributed by atoms with van der Waals surface area (Å²) in [7, 11) is 0. The largest absolute Gasteiger partial charge is 0.486 e. The fraction of sp³-hybridized carbons (Fsp3) is 0.613. The molecule has 1 heterocycles. The standard InChI is InChI=1S/C31H37FO6/c1-4-5-27-37-26-15-23-22-11-6-18-14-20(33)12-13-29(18,2)28(22)24(34)16-30(23,3)31(26,38-27)25(35)17-36-21-9-7-19(32)8-10-21/h7-10,12-14,22-24,26-28,34H,4-6,11,15-17H2,1-3H3/t22?,23?,24-,26+,27?,28?,29?,30?,31+/m0/s1. The van der Waals surface area contributed by atoms with Crippen molar-refractivity contribution in [1.29, 1.82) is 0 Å². The number of benzene rings is 1. The molecule has 4 fully saturated rings. The van der Waals surface area contributed by atoms with Crippen molar-refractivity contribution < 1.29 is 33.3 Å². The van der Waals surface area contributed by atoms with Crippen molar-refractivity contribution in [1.82, 2.24) is 0 Å². The van der Waals surface area contributed by atoms with Gasteiger partial charge in [0.05, 0.1) is 12.2 Å². The van der Waals surface area contributed by atoms with Gasteiger partial charge < -0.3 is 19.3 Å². The van der Waals surface area contributed by atoms with Gasteiger partial charge in [-0.25, -0.2) is 4.39 Å². The zero-order chi connectivity index (χ0) is 26.9. The van der Waals surface area contributed by atoms with Crippen LogP contribution in [-0.4, -0.2) is 47.4 Å². The van der Waals surface area contributed by atoms with Crippen molar-refractivity contribution in [3.8, 4) is 5.75 Å². The molecular formula is C31H37FO6. The summed E-state index contributed by atoms with van der Waals surface area (Å²) in [6.07, 6.45) is 8.11. The van der Waals surface area contributed by atoms with Gasteiger partial charge in [0.25, 0.3) is 0 Å². The minimum atomic E-state index is -1.22. The third-order valence-electron chi connectivity index (χ3n) is 10.4. The van der Waals surface area contributed by atoms with Crippen molar-refractivity contribution in [2.75, 3.05) is 6.61 Å². The Kier molecular flexibility index (Phi) is 6.21. The van der Waals surface area contributed by atoms with Crippen LogP contribution in [0, 0.1) is 34.4 Å². The molecule has 0 spiro atoms. The minimum Gasteiger partial charge on any atom is -0.486 e. The molecular weight excluding hydrogens is 487 g/mol. The number of halogens is 1. The molecule has 6 nitrogen and oxygen atoms in total. The molecule has 0 aromatic heterocycles. The number of fused-ring (bicyclic) bond motifs is 7. The number of rotatable bonds is 6. The summed E-state index contributed by atoms with van der Waals surface area (Å²) in [4.78, 5) is 26.3. The number of aliphatic hydroxyl groups is 1. The van der Waals surface area contributed by atoms with Crippen LogP contribution in [0.4, 0.5) is 4.39 Å². The third kappa shape index (κ3) is 3.61. The fourth-order valence-electron chi connectivity index (χ4n) is 8.79. The Morgan fingerprint density at radius 2 is 2.00 bits per heavy atom. The van der Waals surface area contributed by atoms with Gasteiger partial charge >= 0.3 is 0 Å². The molecule has 0 amide bonds. The number of carbonyl (C=O) groups excluding carboxylic acids is 2. The number of ketones is 2. The van der Waals surface area contributed by atoms with E-state index in [2.05, 4.69) is 20.8 Å². The van der Waals surface area contributed by atoms with Crippen LogP contribution in [0.15, 0.2) is 48.1 Å². The second kappa shape index (κ2) is 9.10. The van der Waals surface area contributed by atoms with E-state index >= 15 is 0 Å². The Morgan fingerprint density at radius 1 is 1.24 bits per heavy atom. The van der Waals surface area contributed by atoms with Crippen molar-refractivity contribution in [3.05, 3.63) is 53.9 Å². The lowest BCUT2D eigenvalue weighted by molar-refractivity contribution is -0.200. The van der Waals surface area contributed by atoms with E-state index in [1.165, 1.54) is 24.3 Å². The molecule has 1 aromatic carbocycles. The number of carbonyl (C=O) groups is 2. The predicted molar refractivity (Wildman–Crippen MR) is 138 cm³/mol. The van der Waals surface area contributed by atoms with Crippen molar-refractivity contribution in [2.45, 2.75) is 83.4 Å².